The predicted molar refractivity (Wildman–Crippen MR) is 64.6 cm³/mol. The molecule has 0 amide bonds. The van der Waals surface area contributed by atoms with E-state index in [1.54, 1.807) is 0 Å². The average Bonchev–Trinajstić information content (AvgIpc) is 2.33. The van der Waals surface area contributed by atoms with E-state index in [1.165, 1.54) is 5.56 Å². The summed E-state index contributed by atoms with van der Waals surface area (Å²) < 4.78 is 10.6. The van der Waals surface area contributed by atoms with Crippen LogP contribution in [-0.4, -0.2) is 18.9 Å². The van der Waals surface area contributed by atoms with Gasteiger partial charge in [-0.05, 0) is 25.3 Å². The van der Waals surface area contributed by atoms with Gasteiger partial charge in [0.05, 0.1) is 13.0 Å². The fraction of sp³-hybridized carbons (Fsp3) is 0.500. The lowest BCUT2D eigenvalue weighted by Gasteiger charge is -2.22. The maximum atomic E-state index is 11.7. The van der Waals surface area contributed by atoms with Crippen molar-refractivity contribution < 1.29 is 14.3 Å². The van der Waals surface area contributed by atoms with Gasteiger partial charge in [0.25, 0.3) is 0 Å². The van der Waals surface area contributed by atoms with Gasteiger partial charge in [-0.25, -0.2) is 0 Å². The Kier molecular flexibility index (Phi) is 4.15. The van der Waals surface area contributed by atoms with Crippen LogP contribution in [0, 0.1) is 6.92 Å². The molecule has 1 aliphatic heterocycles. The molecule has 1 unspecified atom stereocenters. The summed E-state index contributed by atoms with van der Waals surface area (Å²) in [6.07, 6.45) is 2.94. The van der Waals surface area contributed by atoms with Gasteiger partial charge in [0.1, 0.15) is 0 Å². The molecule has 2 rings (SSSR count). The number of carbonyl (C=O) groups excluding carboxylic acids is 1. The minimum absolute atomic E-state index is 0.208. The molecule has 1 heterocycles. The van der Waals surface area contributed by atoms with Crippen LogP contribution in [0.15, 0.2) is 24.3 Å². The van der Waals surface area contributed by atoms with Crippen LogP contribution in [0.5, 0.6) is 0 Å². The van der Waals surface area contributed by atoms with Gasteiger partial charge in [-0.15, -0.1) is 0 Å². The maximum absolute atomic E-state index is 11.7. The van der Waals surface area contributed by atoms with Crippen LogP contribution in [-0.2, 0) is 20.7 Å². The number of ether oxygens (including phenoxy) is 2. The lowest BCUT2D eigenvalue weighted by Crippen LogP contribution is -2.26. The molecular weight excluding hydrogens is 216 g/mol. The Bertz CT molecular complexity index is 364. The number of rotatable bonds is 3. The van der Waals surface area contributed by atoms with Gasteiger partial charge >= 0.3 is 5.97 Å². The topological polar surface area (TPSA) is 35.5 Å². The van der Waals surface area contributed by atoms with Gasteiger partial charge in [0.15, 0.2) is 0 Å². The van der Waals surface area contributed by atoms with Gasteiger partial charge in [0, 0.05) is 6.42 Å². The molecule has 3 heteroatoms. The average molecular weight is 234 g/mol. The first-order chi connectivity index (χ1) is 8.24. The summed E-state index contributed by atoms with van der Waals surface area (Å²) in [4.78, 5) is 11.7. The first-order valence-electron chi connectivity index (χ1n) is 6.11. The second-order valence-electron chi connectivity index (χ2n) is 4.45. The predicted octanol–water partition coefficient (Wildman–Crippen LogP) is 2.61. The van der Waals surface area contributed by atoms with Gasteiger partial charge in [0.2, 0.25) is 6.29 Å². The third-order valence-electron chi connectivity index (χ3n) is 2.87. The van der Waals surface area contributed by atoms with Crippen molar-refractivity contribution in [1.82, 2.24) is 0 Å². The summed E-state index contributed by atoms with van der Waals surface area (Å²) >= 11 is 0. The van der Waals surface area contributed by atoms with Crippen molar-refractivity contribution in [2.24, 2.45) is 0 Å². The van der Waals surface area contributed by atoms with Crippen molar-refractivity contribution in [2.45, 2.75) is 38.9 Å². The number of carbonyl (C=O) groups is 1. The first kappa shape index (κ1) is 12.1. The molecule has 1 fully saturated rings. The molecule has 0 aliphatic carbocycles. The second-order valence-corrected chi connectivity index (χ2v) is 4.45. The number of hydrogen-bond acceptors (Lipinski definition) is 3. The molecular formula is C14H18O3. The van der Waals surface area contributed by atoms with Gasteiger partial charge in [-0.3, -0.25) is 4.79 Å². The molecule has 1 aliphatic rings. The lowest BCUT2D eigenvalue weighted by atomic mass is 10.1. The van der Waals surface area contributed by atoms with Crippen LogP contribution < -0.4 is 0 Å². The zero-order valence-electron chi connectivity index (χ0n) is 10.1. The minimum atomic E-state index is -0.332. The highest BCUT2D eigenvalue weighted by molar-refractivity contribution is 5.72. The van der Waals surface area contributed by atoms with Crippen molar-refractivity contribution in [3.05, 3.63) is 35.4 Å². The summed E-state index contributed by atoms with van der Waals surface area (Å²) in [7, 11) is 0. The van der Waals surface area contributed by atoms with Gasteiger partial charge < -0.3 is 9.47 Å². The molecule has 0 spiro atoms. The standard InChI is InChI=1S/C14H18O3/c1-11-5-7-12(8-6-11)10-13(15)17-14-4-2-3-9-16-14/h5-8,14H,2-4,9-10H2,1H3. The van der Waals surface area contributed by atoms with Crippen LogP contribution in [0.3, 0.4) is 0 Å². The van der Waals surface area contributed by atoms with E-state index < -0.39 is 0 Å². The Labute approximate surface area is 102 Å². The van der Waals surface area contributed by atoms with Gasteiger partial charge in [-0.2, -0.15) is 0 Å². The van der Waals surface area contributed by atoms with E-state index in [0.29, 0.717) is 13.0 Å². The Morgan fingerprint density at radius 1 is 1.35 bits per heavy atom. The molecule has 0 saturated carbocycles. The molecule has 1 atom stereocenters. The number of aryl methyl sites for hydroxylation is 1. The number of hydrogen-bond donors (Lipinski definition) is 0. The molecule has 1 aromatic rings. The second kappa shape index (κ2) is 5.82. The number of benzene rings is 1. The van der Waals surface area contributed by atoms with E-state index in [9.17, 15) is 4.79 Å². The normalized spacial score (nSPS) is 19.9. The zero-order valence-corrected chi connectivity index (χ0v) is 10.1. The van der Waals surface area contributed by atoms with E-state index in [1.807, 2.05) is 31.2 Å². The van der Waals surface area contributed by atoms with E-state index >= 15 is 0 Å². The summed E-state index contributed by atoms with van der Waals surface area (Å²) in [5, 5.41) is 0. The molecule has 0 radical (unpaired) electrons. The Hall–Kier alpha value is -1.35. The third-order valence-corrected chi connectivity index (χ3v) is 2.87. The van der Waals surface area contributed by atoms with Crippen LogP contribution >= 0.6 is 0 Å². The summed E-state index contributed by atoms with van der Waals surface area (Å²) in [5.74, 6) is -0.208. The molecule has 0 N–H and O–H groups in total. The monoisotopic (exact) mass is 234 g/mol. The molecule has 1 saturated heterocycles. The Morgan fingerprint density at radius 3 is 2.76 bits per heavy atom. The van der Waals surface area contributed by atoms with E-state index in [0.717, 1.165) is 24.8 Å². The molecule has 3 nitrogen and oxygen atoms in total. The third kappa shape index (κ3) is 3.86. The summed E-state index contributed by atoms with van der Waals surface area (Å²) in [5.41, 5.74) is 2.18. The fourth-order valence-corrected chi connectivity index (χ4v) is 1.86. The molecule has 0 bridgehead atoms. The van der Waals surface area contributed by atoms with E-state index in [2.05, 4.69) is 0 Å². The summed E-state index contributed by atoms with van der Waals surface area (Å²) in [6, 6.07) is 7.91. The molecule has 92 valence electrons. The maximum Gasteiger partial charge on any atom is 0.312 e. The van der Waals surface area contributed by atoms with Crippen molar-refractivity contribution in [2.75, 3.05) is 6.61 Å². The van der Waals surface area contributed by atoms with Crippen LogP contribution in [0.4, 0.5) is 0 Å². The Balaban J connectivity index is 1.82. The van der Waals surface area contributed by atoms with Crippen molar-refractivity contribution >= 4 is 5.97 Å². The van der Waals surface area contributed by atoms with Crippen LogP contribution in [0.25, 0.3) is 0 Å². The molecule has 1 aromatic carbocycles. The van der Waals surface area contributed by atoms with E-state index in [4.69, 9.17) is 9.47 Å². The smallest absolute Gasteiger partial charge is 0.312 e. The van der Waals surface area contributed by atoms with Crippen molar-refractivity contribution in [1.29, 1.82) is 0 Å². The SMILES string of the molecule is Cc1ccc(CC(=O)OC2CCCCO2)cc1. The van der Waals surface area contributed by atoms with E-state index in [-0.39, 0.29) is 12.3 Å². The highest BCUT2D eigenvalue weighted by Gasteiger charge is 2.18. The van der Waals surface area contributed by atoms with Crippen molar-refractivity contribution in [3.8, 4) is 0 Å². The van der Waals surface area contributed by atoms with Gasteiger partial charge in [-0.1, -0.05) is 29.8 Å². The first-order valence-corrected chi connectivity index (χ1v) is 6.11. The largest absolute Gasteiger partial charge is 0.436 e. The number of esters is 1. The Morgan fingerprint density at radius 2 is 2.12 bits per heavy atom. The zero-order chi connectivity index (χ0) is 12.1. The van der Waals surface area contributed by atoms with Crippen molar-refractivity contribution in [3.63, 3.8) is 0 Å². The fourth-order valence-electron chi connectivity index (χ4n) is 1.86. The highest BCUT2D eigenvalue weighted by Crippen LogP contribution is 2.14. The lowest BCUT2D eigenvalue weighted by molar-refractivity contribution is -0.185. The quantitative estimate of drug-likeness (QED) is 0.754. The summed E-state index contributed by atoms with van der Waals surface area (Å²) in [6.45, 7) is 2.72. The van der Waals surface area contributed by atoms with Crippen LogP contribution in [0.1, 0.15) is 30.4 Å². The highest BCUT2D eigenvalue weighted by atomic mass is 16.7. The molecule has 17 heavy (non-hydrogen) atoms. The van der Waals surface area contributed by atoms with Crippen LogP contribution in [0.2, 0.25) is 0 Å². The minimum Gasteiger partial charge on any atom is -0.436 e. The molecule has 0 aromatic heterocycles.